The second-order valence-corrected chi connectivity index (χ2v) is 8.25. The van der Waals surface area contributed by atoms with Gasteiger partial charge >= 0.3 is 6.09 Å². The van der Waals surface area contributed by atoms with Crippen LogP contribution in [0.25, 0.3) is 0 Å². The summed E-state index contributed by atoms with van der Waals surface area (Å²) >= 11 is 0. The van der Waals surface area contributed by atoms with Crippen molar-refractivity contribution in [2.75, 3.05) is 46.4 Å². The minimum absolute atomic E-state index is 0.0252. The number of methoxy groups -OCH3 is 1. The number of Topliss-reactive ketones (excluding diaryl/α,β-unsaturated/α-hetero) is 1. The summed E-state index contributed by atoms with van der Waals surface area (Å²) in [6, 6.07) is 3.63. The normalized spacial score (nSPS) is 17.3. The predicted octanol–water partition coefficient (Wildman–Crippen LogP) is 2.76. The standard InChI is InChI=1S/C21H30N2O5/c1-21(2,3)28-20(25)23-12-10-22(11-13-23)9-5-6-16-18(26-4)8-7-15-17(24)14-27-19(15)16/h7-8H,5-6,9-14H2,1-4H3. The Kier molecular flexibility index (Phi) is 6.13. The molecule has 0 spiro atoms. The topological polar surface area (TPSA) is 68.3 Å². The van der Waals surface area contributed by atoms with E-state index in [0.29, 0.717) is 24.4 Å². The molecule has 1 saturated heterocycles. The first-order valence-corrected chi connectivity index (χ1v) is 9.84. The molecule has 0 N–H and O–H groups in total. The second kappa shape index (κ2) is 8.39. The highest BCUT2D eigenvalue weighted by molar-refractivity contribution is 6.03. The molecular weight excluding hydrogens is 360 g/mol. The molecular formula is C21H30N2O5. The number of fused-ring (bicyclic) bond motifs is 1. The Balaban J connectivity index is 1.50. The van der Waals surface area contributed by atoms with Gasteiger partial charge in [0.05, 0.1) is 12.7 Å². The highest BCUT2D eigenvalue weighted by atomic mass is 16.6. The van der Waals surface area contributed by atoms with E-state index < -0.39 is 5.60 Å². The summed E-state index contributed by atoms with van der Waals surface area (Å²) in [5.74, 6) is 1.47. The first-order valence-electron chi connectivity index (χ1n) is 9.84. The van der Waals surface area contributed by atoms with Crippen molar-refractivity contribution in [1.29, 1.82) is 0 Å². The summed E-state index contributed by atoms with van der Waals surface area (Å²) in [5.41, 5.74) is 1.16. The summed E-state index contributed by atoms with van der Waals surface area (Å²) in [4.78, 5) is 28.2. The van der Waals surface area contributed by atoms with Gasteiger partial charge in [0.1, 0.15) is 17.1 Å². The molecule has 7 nitrogen and oxygen atoms in total. The Bertz CT molecular complexity index is 733. The van der Waals surface area contributed by atoms with E-state index in [-0.39, 0.29) is 18.5 Å². The van der Waals surface area contributed by atoms with Gasteiger partial charge < -0.3 is 19.1 Å². The number of hydrogen-bond donors (Lipinski definition) is 0. The van der Waals surface area contributed by atoms with Crippen molar-refractivity contribution in [3.63, 3.8) is 0 Å². The number of ether oxygens (including phenoxy) is 3. The van der Waals surface area contributed by atoms with Crippen LogP contribution in [0.3, 0.4) is 0 Å². The second-order valence-electron chi connectivity index (χ2n) is 8.25. The maximum Gasteiger partial charge on any atom is 0.410 e. The first kappa shape index (κ1) is 20.5. The fraction of sp³-hybridized carbons (Fsp3) is 0.619. The lowest BCUT2D eigenvalue weighted by molar-refractivity contribution is 0.0144. The number of nitrogens with zero attached hydrogens (tertiary/aromatic N) is 2. The van der Waals surface area contributed by atoms with Gasteiger partial charge in [0, 0.05) is 31.7 Å². The van der Waals surface area contributed by atoms with Crippen LogP contribution in [0.1, 0.15) is 43.1 Å². The van der Waals surface area contributed by atoms with Gasteiger partial charge in [0.15, 0.2) is 6.61 Å². The maximum atomic E-state index is 12.2. The van der Waals surface area contributed by atoms with Crippen LogP contribution in [0.4, 0.5) is 4.79 Å². The molecule has 2 heterocycles. The predicted molar refractivity (Wildman–Crippen MR) is 105 cm³/mol. The van der Waals surface area contributed by atoms with Crippen LogP contribution in [-0.2, 0) is 11.2 Å². The van der Waals surface area contributed by atoms with E-state index in [1.54, 1.807) is 18.1 Å². The van der Waals surface area contributed by atoms with E-state index in [1.165, 1.54) is 0 Å². The minimum Gasteiger partial charge on any atom is -0.496 e. The van der Waals surface area contributed by atoms with Crippen LogP contribution >= 0.6 is 0 Å². The maximum absolute atomic E-state index is 12.2. The highest BCUT2D eigenvalue weighted by Crippen LogP contribution is 2.36. The quantitative estimate of drug-likeness (QED) is 0.770. The van der Waals surface area contributed by atoms with Crippen molar-refractivity contribution >= 4 is 11.9 Å². The Morgan fingerprint density at radius 1 is 1.18 bits per heavy atom. The van der Waals surface area contributed by atoms with Gasteiger partial charge in [0.25, 0.3) is 0 Å². The third-order valence-corrected chi connectivity index (χ3v) is 5.01. The highest BCUT2D eigenvalue weighted by Gasteiger charge is 2.27. The van der Waals surface area contributed by atoms with Crippen LogP contribution in [0.15, 0.2) is 12.1 Å². The van der Waals surface area contributed by atoms with Gasteiger partial charge in [-0.25, -0.2) is 4.79 Å². The van der Waals surface area contributed by atoms with Crippen molar-refractivity contribution in [3.05, 3.63) is 23.3 Å². The van der Waals surface area contributed by atoms with E-state index >= 15 is 0 Å². The molecule has 1 fully saturated rings. The minimum atomic E-state index is -0.466. The fourth-order valence-electron chi connectivity index (χ4n) is 3.60. The number of carbonyl (C=O) groups excluding carboxylic acids is 2. The molecule has 0 unspecified atom stereocenters. The van der Waals surface area contributed by atoms with Gasteiger partial charge in [-0.2, -0.15) is 0 Å². The molecule has 1 aromatic rings. The molecule has 0 radical (unpaired) electrons. The van der Waals surface area contributed by atoms with E-state index in [2.05, 4.69) is 4.90 Å². The van der Waals surface area contributed by atoms with Crippen LogP contribution < -0.4 is 9.47 Å². The Hall–Kier alpha value is -2.28. The van der Waals surface area contributed by atoms with Crippen LogP contribution in [0, 0.1) is 0 Å². The first-order chi connectivity index (χ1) is 13.3. The number of rotatable bonds is 5. The summed E-state index contributed by atoms with van der Waals surface area (Å²) in [5, 5.41) is 0. The SMILES string of the molecule is COc1ccc2c(c1CCCN1CCN(C(=O)OC(C)(C)C)CC1)OCC2=O. The third kappa shape index (κ3) is 4.76. The van der Waals surface area contributed by atoms with Gasteiger partial charge in [-0.1, -0.05) is 0 Å². The summed E-state index contributed by atoms with van der Waals surface area (Å²) < 4.78 is 16.5. The third-order valence-electron chi connectivity index (χ3n) is 5.01. The molecule has 0 atom stereocenters. The van der Waals surface area contributed by atoms with Crippen molar-refractivity contribution < 1.29 is 23.8 Å². The molecule has 2 aliphatic heterocycles. The van der Waals surface area contributed by atoms with E-state index in [9.17, 15) is 9.59 Å². The average molecular weight is 390 g/mol. The Morgan fingerprint density at radius 3 is 2.54 bits per heavy atom. The number of hydrogen-bond acceptors (Lipinski definition) is 6. The number of piperazine rings is 1. The molecule has 1 aromatic carbocycles. The van der Waals surface area contributed by atoms with Crippen LogP contribution in [0.2, 0.25) is 0 Å². The smallest absolute Gasteiger partial charge is 0.410 e. The molecule has 0 aromatic heterocycles. The van der Waals surface area contributed by atoms with Crippen molar-refractivity contribution in [2.24, 2.45) is 0 Å². The van der Waals surface area contributed by atoms with Crippen molar-refractivity contribution in [1.82, 2.24) is 9.80 Å². The summed E-state index contributed by atoms with van der Waals surface area (Å²) in [7, 11) is 1.64. The van der Waals surface area contributed by atoms with Gasteiger partial charge in [-0.3, -0.25) is 9.69 Å². The molecule has 28 heavy (non-hydrogen) atoms. The Labute approximate surface area is 166 Å². The number of benzene rings is 1. The zero-order chi connectivity index (χ0) is 20.3. The van der Waals surface area contributed by atoms with Crippen molar-refractivity contribution in [3.8, 4) is 11.5 Å². The molecule has 0 aliphatic carbocycles. The largest absolute Gasteiger partial charge is 0.496 e. The molecule has 0 bridgehead atoms. The Morgan fingerprint density at radius 2 is 1.89 bits per heavy atom. The molecule has 154 valence electrons. The lowest BCUT2D eigenvalue weighted by atomic mass is 10.0. The lowest BCUT2D eigenvalue weighted by Gasteiger charge is -2.35. The molecule has 1 amide bonds. The summed E-state index contributed by atoms with van der Waals surface area (Å²) in [6.07, 6.45) is 1.47. The molecule has 0 saturated carbocycles. The zero-order valence-electron chi connectivity index (χ0n) is 17.2. The van der Waals surface area contributed by atoms with Gasteiger partial charge in [0.2, 0.25) is 5.78 Å². The fourth-order valence-corrected chi connectivity index (χ4v) is 3.60. The molecule has 7 heteroatoms. The zero-order valence-corrected chi connectivity index (χ0v) is 17.2. The van der Waals surface area contributed by atoms with E-state index in [4.69, 9.17) is 14.2 Å². The number of carbonyl (C=O) groups is 2. The van der Waals surface area contributed by atoms with Gasteiger partial charge in [-0.05, 0) is 52.3 Å². The monoisotopic (exact) mass is 390 g/mol. The number of ketones is 1. The molecule has 3 rings (SSSR count). The molecule has 2 aliphatic rings. The van der Waals surface area contributed by atoms with Gasteiger partial charge in [-0.15, -0.1) is 0 Å². The van der Waals surface area contributed by atoms with Crippen LogP contribution in [0.5, 0.6) is 11.5 Å². The number of amides is 1. The lowest BCUT2D eigenvalue weighted by Crippen LogP contribution is -2.50. The summed E-state index contributed by atoms with van der Waals surface area (Å²) in [6.45, 7) is 9.70. The van der Waals surface area contributed by atoms with E-state index in [0.717, 1.165) is 43.8 Å². The van der Waals surface area contributed by atoms with E-state index in [1.807, 2.05) is 26.8 Å². The average Bonchev–Trinajstić information content (AvgIpc) is 3.02. The van der Waals surface area contributed by atoms with Crippen LogP contribution in [-0.4, -0.2) is 73.7 Å². The van der Waals surface area contributed by atoms with Crippen molar-refractivity contribution in [2.45, 2.75) is 39.2 Å².